The van der Waals surface area contributed by atoms with Crippen molar-refractivity contribution in [3.05, 3.63) is 42.5 Å². The van der Waals surface area contributed by atoms with Gasteiger partial charge in [-0.2, -0.15) is 5.26 Å². The third kappa shape index (κ3) is 2.85. The zero-order valence-corrected chi connectivity index (χ0v) is 9.27. The summed E-state index contributed by atoms with van der Waals surface area (Å²) in [7, 11) is 0. The third-order valence-electron chi connectivity index (χ3n) is 2.28. The van der Waals surface area contributed by atoms with Crippen LogP contribution >= 0.6 is 0 Å². The molecule has 0 amide bonds. The van der Waals surface area contributed by atoms with E-state index < -0.39 is 0 Å². The van der Waals surface area contributed by atoms with Gasteiger partial charge in [-0.25, -0.2) is 0 Å². The normalized spacial score (nSPS) is 9.73. The zero-order valence-electron chi connectivity index (χ0n) is 9.27. The van der Waals surface area contributed by atoms with Crippen molar-refractivity contribution in [2.45, 2.75) is 19.9 Å². The monoisotopic (exact) mass is 200 g/mol. The van der Waals surface area contributed by atoms with Gasteiger partial charge in [-0.15, -0.1) is 6.58 Å². The van der Waals surface area contributed by atoms with Crippen LogP contribution in [0.3, 0.4) is 0 Å². The van der Waals surface area contributed by atoms with Crippen LogP contribution in [0, 0.1) is 11.3 Å². The van der Waals surface area contributed by atoms with Gasteiger partial charge in [0.15, 0.2) is 0 Å². The highest BCUT2D eigenvalue weighted by molar-refractivity contribution is 5.50. The average Bonchev–Trinajstić information content (AvgIpc) is 2.26. The second kappa shape index (κ2) is 5.21. The van der Waals surface area contributed by atoms with Crippen molar-refractivity contribution in [1.29, 1.82) is 5.26 Å². The molecule has 15 heavy (non-hydrogen) atoms. The van der Waals surface area contributed by atoms with Crippen LogP contribution in [0.2, 0.25) is 0 Å². The molecule has 1 rings (SSSR count). The molecule has 0 atom stereocenters. The Morgan fingerprint density at radius 2 is 2.00 bits per heavy atom. The summed E-state index contributed by atoms with van der Waals surface area (Å²) < 4.78 is 0. The lowest BCUT2D eigenvalue weighted by Gasteiger charge is -2.27. The van der Waals surface area contributed by atoms with Gasteiger partial charge in [0, 0.05) is 18.3 Å². The topological polar surface area (TPSA) is 27.0 Å². The molecular weight excluding hydrogens is 184 g/mol. The van der Waals surface area contributed by atoms with Crippen molar-refractivity contribution >= 4 is 5.69 Å². The molecule has 0 spiro atoms. The highest BCUT2D eigenvalue weighted by Crippen LogP contribution is 2.17. The number of nitrogens with zero attached hydrogens (tertiary/aromatic N) is 2. The van der Waals surface area contributed by atoms with Gasteiger partial charge in [0.25, 0.3) is 0 Å². The maximum absolute atomic E-state index is 8.70. The number of nitriles is 1. The third-order valence-corrected chi connectivity index (χ3v) is 2.28. The minimum Gasteiger partial charge on any atom is -0.365 e. The molecule has 0 fully saturated rings. The fourth-order valence-corrected chi connectivity index (χ4v) is 1.48. The number of anilines is 1. The Morgan fingerprint density at radius 3 is 2.40 bits per heavy atom. The fraction of sp³-hybridized carbons (Fsp3) is 0.308. The zero-order chi connectivity index (χ0) is 11.3. The van der Waals surface area contributed by atoms with Crippen molar-refractivity contribution in [2.75, 3.05) is 11.4 Å². The van der Waals surface area contributed by atoms with Crippen LogP contribution in [-0.2, 0) is 0 Å². The van der Waals surface area contributed by atoms with Gasteiger partial charge in [-0.3, -0.25) is 0 Å². The van der Waals surface area contributed by atoms with Gasteiger partial charge in [0.2, 0.25) is 0 Å². The van der Waals surface area contributed by atoms with E-state index in [0.717, 1.165) is 12.2 Å². The molecule has 1 aromatic carbocycles. The van der Waals surface area contributed by atoms with Gasteiger partial charge in [0.1, 0.15) is 0 Å². The van der Waals surface area contributed by atoms with E-state index in [1.165, 1.54) is 0 Å². The Kier molecular flexibility index (Phi) is 3.93. The average molecular weight is 200 g/mol. The highest BCUT2D eigenvalue weighted by atomic mass is 15.1. The minimum absolute atomic E-state index is 0.427. The summed E-state index contributed by atoms with van der Waals surface area (Å²) in [5.74, 6) is 0. The lowest BCUT2D eigenvalue weighted by atomic mass is 10.2. The van der Waals surface area contributed by atoms with E-state index in [9.17, 15) is 0 Å². The second-order valence-corrected chi connectivity index (χ2v) is 3.69. The fourth-order valence-electron chi connectivity index (χ4n) is 1.48. The quantitative estimate of drug-likeness (QED) is 0.699. The molecule has 0 aliphatic carbocycles. The van der Waals surface area contributed by atoms with Crippen molar-refractivity contribution in [2.24, 2.45) is 0 Å². The molecule has 0 aliphatic rings. The van der Waals surface area contributed by atoms with E-state index in [1.807, 2.05) is 30.3 Å². The Morgan fingerprint density at radius 1 is 1.40 bits per heavy atom. The minimum atomic E-state index is 0.427. The van der Waals surface area contributed by atoms with E-state index in [0.29, 0.717) is 11.6 Å². The molecule has 1 aromatic rings. The smallest absolute Gasteiger partial charge is 0.0991 e. The first kappa shape index (κ1) is 11.3. The molecular formula is C13H16N2. The summed E-state index contributed by atoms with van der Waals surface area (Å²) >= 11 is 0. The predicted molar refractivity (Wildman–Crippen MR) is 63.8 cm³/mol. The summed E-state index contributed by atoms with van der Waals surface area (Å²) in [4.78, 5) is 2.23. The molecule has 0 aromatic heterocycles. The van der Waals surface area contributed by atoms with Gasteiger partial charge in [-0.1, -0.05) is 6.08 Å². The van der Waals surface area contributed by atoms with Crippen LogP contribution in [0.15, 0.2) is 36.9 Å². The van der Waals surface area contributed by atoms with Gasteiger partial charge in [-0.05, 0) is 38.1 Å². The molecule has 0 aliphatic heterocycles. The molecule has 78 valence electrons. The van der Waals surface area contributed by atoms with E-state index in [2.05, 4.69) is 31.4 Å². The maximum Gasteiger partial charge on any atom is 0.0991 e. The molecule has 2 heteroatoms. The number of rotatable bonds is 4. The van der Waals surface area contributed by atoms with Gasteiger partial charge < -0.3 is 4.90 Å². The van der Waals surface area contributed by atoms with Crippen LogP contribution in [0.4, 0.5) is 5.69 Å². The standard InChI is InChI=1S/C13H16N2/c1-4-9-15(11(2)3)13-7-5-12(10-14)6-8-13/h4-8,11H,1,9H2,2-3H3. The molecule has 0 unspecified atom stereocenters. The number of hydrogen-bond donors (Lipinski definition) is 0. The Bertz CT molecular complexity index is 357. The number of hydrogen-bond acceptors (Lipinski definition) is 2. The van der Waals surface area contributed by atoms with E-state index in [1.54, 1.807) is 0 Å². The molecule has 0 saturated heterocycles. The van der Waals surface area contributed by atoms with Crippen LogP contribution in [-0.4, -0.2) is 12.6 Å². The molecule has 0 bridgehead atoms. The second-order valence-electron chi connectivity index (χ2n) is 3.69. The van der Waals surface area contributed by atoms with Crippen LogP contribution in [0.25, 0.3) is 0 Å². The Balaban J connectivity index is 2.92. The summed E-state index contributed by atoms with van der Waals surface area (Å²) in [6, 6.07) is 10.2. The lowest BCUT2D eigenvalue weighted by Crippen LogP contribution is -2.30. The van der Waals surface area contributed by atoms with E-state index in [-0.39, 0.29) is 0 Å². The van der Waals surface area contributed by atoms with Crippen molar-refractivity contribution in [1.82, 2.24) is 0 Å². The summed E-state index contributed by atoms with van der Waals surface area (Å²) in [6.07, 6.45) is 1.89. The van der Waals surface area contributed by atoms with Crippen LogP contribution < -0.4 is 4.90 Å². The first-order valence-electron chi connectivity index (χ1n) is 5.06. The Hall–Kier alpha value is -1.75. The summed E-state index contributed by atoms with van der Waals surface area (Å²) in [5, 5.41) is 8.70. The van der Waals surface area contributed by atoms with Gasteiger partial charge in [0.05, 0.1) is 11.6 Å². The van der Waals surface area contributed by atoms with Crippen LogP contribution in [0.5, 0.6) is 0 Å². The number of benzene rings is 1. The SMILES string of the molecule is C=CCN(c1ccc(C#N)cc1)C(C)C. The predicted octanol–water partition coefficient (Wildman–Crippen LogP) is 2.96. The van der Waals surface area contributed by atoms with Crippen LogP contribution in [0.1, 0.15) is 19.4 Å². The molecule has 2 nitrogen and oxygen atoms in total. The maximum atomic E-state index is 8.70. The molecule has 0 heterocycles. The first-order chi connectivity index (χ1) is 7.19. The highest BCUT2D eigenvalue weighted by Gasteiger charge is 2.07. The molecule has 0 saturated carbocycles. The largest absolute Gasteiger partial charge is 0.365 e. The first-order valence-corrected chi connectivity index (χ1v) is 5.06. The van der Waals surface area contributed by atoms with E-state index in [4.69, 9.17) is 5.26 Å². The summed E-state index contributed by atoms with van der Waals surface area (Å²) in [5.41, 5.74) is 1.82. The van der Waals surface area contributed by atoms with Gasteiger partial charge >= 0.3 is 0 Å². The molecule has 0 radical (unpaired) electrons. The van der Waals surface area contributed by atoms with Crippen molar-refractivity contribution < 1.29 is 0 Å². The van der Waals surface area contributed by atoms with E-state index >= 15 is 0 Å². The Labute approximate surface area is 91.4 Å². The lowest BCUT2D eigenvalue weighted by molar-refractivity contribution is 0.723. The van der Waals surface area contributed by atoms with Crippen molar-refractivity contribution in [3.8, 4) is 6.07 Å². The summed E-state index contributed by atoms with van der Waals surface area (Å²) in [6.45, 7) is 8.85. The molecule has 0 N–H and O–H groups in total. The van der Waals surface area contributed by atoms with Crippen molar-refractivity contribution in [3.63, 3.8) is 0 Å².